The van der Waals surface area contributed by atoms with Gasteiger partial charge in [-0.3, -0.25) is 0 Å². The van der Waals surface area contributed by atoms with Crippen LogP contribution in [0.3, 0.4) is 0 Å². The minimum absolute atomic E-state index is 0.261. The molecule has 0 bridgehead atoms. The predicted octanol–water partition coefficient (Wildman–Crippen LogP) is 2.39. The van der Waals surface area contributed by atoms with Crippen molar-refractivity contribution >= 4 is 10.3 Å². The first kappa shape index (κ1) is 12.2. The summed E-state index contributed by atoms with van der Waals surface area (Å²) in [4.78, 5) is 0. The van der Waals surface area contributed by atoms with Crippen LogP contribution in [0.5, 0.6) is 5.75 Å². The summed E-state index contributed by atoms with van der Waals surface area (Å²) < 4.78 is 30.5. The average Bonchev–Trinajstić information content (AvgIpc) is 2.38. The molecular formula is C14H13NO3S. The topological polar surface area (TPSA) is 55.4 Å². The normalized spacial score (nSPS) is 16.5. The molecule has 0 aromatic heterocycles. The van der Waals surface area contributed by atoms with Crippen LogP contribution < -0.4 is 8.91 Å². The lowest BCUT2D eigenvalue weighted by molar-refractivity contribution is 0.454. The van der Waals surface area contributed by atoms with Crippen molar-refractivity contribution < 1.29 is 12.6 Å². The van der Waals surface area contributed by atoms with Crippen LogP contribution in [0, 0.1) is 6.92 Å². The van der Waals surface area contributed by atoms with Gasteiger partial charge in [0.25, 0.3) is 0 Å². The van der Waals surface area contributed by atoms with Gasteiger partial charge in [-0.2, -0.15) is 13.1 Å². The van der Waals surface area contributed by atoms with Crippen molar-refractivity contribution in [2.75, 3.05) is 0 Å². The van der Waals surface area contributed by atoms with Gasteiger partial charge in [-0.1, -0.05) is 48.0 Å². The van der Waals surface area contributed by atoms with Crippen molar-refractivity contribution in [1.29, 1.82) is 0 Å². The van der Waals surface area contributed by atoms with E-state index >= 15 is 0 Å². The molecule has 5 heteroatoms. The third-order valence-corrected chi connectivity index (χ3v) is 3.98. The highest BCUT2D eigenvalue weighted by atomic mass is 32.2. The van der Waals surface area contributed by atoms with Crippen LogP contribution in [-0.4, -0.2) is 8.42 Å². The zero-order valence-corrected chi connectivity index (χ0v) is 11.2. The summed E-state index contributed by atoms with van der Waals surface area (Å²) in [6, 6.07) is 13.5. The van der Waals surface area contributed by atoms with Crippen LogP contribution in [0.15, 0.2) is 42.5 Å². The smallest absolute Gasteiger partial charge is 0.370 e. The standard InChI is InChI=1S/C14H13NO3S/c1-10-5-7-11(8-6-10)13-4-2-3-12-9-15-19(16,17)18-14(12)13/h2-8,15H,9H2,1H3. The van der Waals surface area contributed by atoms with Crippen LogP contribution in [-0.2, 0) is 16.8 Å². The van der Waals surface area contributed by atoms with E-state index in [9.17, 15) is 8.42 Å². The summed E-state index contributed by atoms with van der Waals surface area (Å²) in [5.41, 5.74) is 3.73. The minimum Gasteiger partial charge on any atom is -0.370 e. The van der Waals surface area contributed by atoms with Crippen molar-refractivity contribution in [3.05, 3.63) is 53.6 Å². The number of benzene rings is 2. The molecule has 0 atom stereocenters. The van der Waals surface area contributed by atoms with Gasteiger partial charge >= 0.3 is 10.3 Å². The average molecular weight is 275 g/mol. The Morgan fingerprint density at radius 2 is 1.84 bits per heavy atom. The number of rotatable bonds is 1. The van der Waals surface area contributed by atoms with Gasteiger partial charge < -0.3 is 4.18 Å². The zero-order valence-electron chi connectivity index (χ0n) is 10.4. The van der Waals surface area contributed by atoms with E-state index in [4.69, 9.17) is 4.18 Å². The summed E-state index contributed by atoms with van der Waals surface area (Å²) in [7, 11) is -3.68. The number of nitrogens with one attached hydrogen (secondary N) is 1. The molecule has 1 aliphatic heterocycles. The second-order valence-corrected chi connectivity index (χ2v) is 5.88. The quantitative estimate of drug-likeness (QED) is 0.869. The highest BCUT2D eigenvalue weighted by molar-refractivity contribution is 7.85. The maximum absolute atomic E-state index is 11.5. The van der Waals surface area contributed by atoms with Crippen molar-refractivity contribution in [3.8, 4) is 16.9 Å². The highest BCUT2D eigenvalue weighted by Gasteiger charge is 2.24. The lowest BCUT2D eigenvalue weighted by Crippen LogP contribution is -2.32. The fourth-order valence-corrected chi connectivity index (χ4v) is 2.90. The summed E-state index contributed by atoms with van der Waals surface area (Å²) in [5.74, 6) is 0.421. The van der Waals surface area contributed by atoms with Crippen molar-refractivity contribution in [1.82, 2.24) is 4.72 Å². The van der Waals surface area contributed by atoms with Gasteiger partial charge in [-0.15, -0.1) is 0 Å². The Balaban J connectivity index is 2.15. The molecule has 19 heavy (non-hydrogen) atoms. The van der Waals surface area contributed by atoms with Gasteiger partial charge in [-0.25, -0.2) is 0 Å². The Morgan fingerprint density at radius 1 is 1.11 bits per heavy atom. The Morgan fingerprint density at radius 3 is 2.58 bits per heavy atom. The van der Waals surface area contributed by atoms with Gasteiger partial charge in [0.2, 0.25) is 0 Å². The third kappa shape index (κ3) is 2.34. The van der Waals surface area contributed by atoms with Crippen LogP contribution in [0.4, 0.5) is 0 Å². The molecule has 1 heterocycles. The lowest BCUT2D eigenvalue weighted by Gasteiger charge is -2.20. The van der Waals surface area contributed by atoms with E-state index in [1.54, 1.807) is 0 Å². The number of aryl methyl sites for hydroxylation is 1. The van der Waals surface area contributed by atoms with E-state index in [0.717, 1.165) is 22.3 Å². The number of hydrogen-bond acceptors (Lipinski definition) is 3. The molecule has 0 aliphatic carbocycles. The van der Waals surface area contributed by atoms with Gasteiger partial charge in [0.1, 0.15) is 0 Å². The number of hydrogen-bond donors (Lipinski definition) is 1. The maximum Gasteiger partial charge on any atom is 0.382 e. The number of para-hydroxylation sites is 1. The zero-order chi connectivity index (χ0) is 13.5. The van der Waals surface area contributed by atoms with E-state index in [-0.39, 0.29) is 6.54 Å². The first-order valence-corrected chi connectivity index (χ1v) is 7.34. The summed E-state index contributed by atoms with van der Waals surface area (Å²) in [6.45, 7) is 2.27. The van der Waals surface area contributed by atoms with Crippen molar-refractivity contribution in [2.24, 2.45) is 0 Å². The van der Waals surface area contributed by atoms with Gasteiger partial charge in [0.05, 0.1) is 0 Å². The van der Waals surface area contributed by atoms with Crippen LogP contribution in [0.25, 0.3) is 11.1 Å². The van der Waals surface area contributed by atoms with E-state index in [2.05, 4.69) is 4.72 Å². The third-order valence-electron chi connectivity index (χ3n) is 3.09. The van der Waals surface area contributed by atoms with E-state index in [1.807, 2.05) is 49.4 Å². The highest BCUT2D eigenvalue weighted by Crippen LogP contribution is 2.35. The van der Waals surface area contributed by atoms with E-state index in [0.29, 0.717) is 5.75 Å². The summed E-state index contributed by atoms with van der Waals surface area (Å²) in [5, 5.41) is 0. The van der Waals surface area contributed by atoms with Crippen molar-refractivity contribution in [2.45, 2.75) is 13.5 Å². The van der Waals surface area contributed by atoms with Crippen LogP contribution in [0.1, 0.15) is 11.1 Å². The Hall–Kier alpha value is -1.85. The predicted molar refractivity (Wildman–Crippen MR) is 73.0 cm³/mol. The molecule has 98 valence electrons. The molecule has 0 radical (unpaired) electrons. The molecule has 0 saturated heterocycles. The largest absolute Gasteiger partial charge is 0.382 e. The van der Waals surface area contributed by atoms with Gasteiger partial charge in [0, 0.05) is 17.7 Å². The van der Waals surface area contributed by atoms with Gasteiger partial charge in [-0.05, 0) is 12.5 Å². The molecule has 0 spiro atoms. The molecule has 3 rings (SSSR count). The minimum atomic E-state index is -3.68. The van der Waals surface area contributed by atoms with Gasteiger partial charge in [0.15, 0.2) is 5.75 Å². The SMILES string of the molecule is Cc1ccc(-c2cccc3c2OS(=O)(=O)NC3)cc1. The first-order chi connectivity index (χ1) is 9.05. The van der Waals surface area contributed by atoms with Crippen molar-refractivity contribution in [3.63, 3.8) is 0 Å². The lowest BCUT2D eigenvalue weighted by atomic mass is 10.0. The molecule has 2 aromatic carbocycles. The summed E-state index contributed by atoms with van der Waals surface area (Å²) >= 11 is 0. The molecule has 1 aliphatic rings. The molecule has 0 amide bonds. The second kappa shape index (κ2) is 4.36. The molecular weight excluding hydrogens is 262 g/mol. The Labute approximate surface area is 112 Å². The Kier molecular flexibility index (Phi) is 2.80. The molecule has 1 N–H and O–H groups in total. The monoisotopic (exact) mass is 275 g/mol. The fourth-order valence-electron chi connectivity index (χ4n) is 2.09. The maximum atomic E-state index is 11.5. The summed E-state index contributed by atoms with van der Waals surface area (Å²) in [6.07, 6.45) is 0. The molecule has 0 saturated carbocycles. The first-order valence-electron chi connectivity index (χ1n) is 5.93. The van der Waals surface area contributed by atoms with Crippen LogP contribution in [0.2, 0.25) is 0 Å². The molecule has 2 aromatic rings. The van der Waals surface area contributed by atoms with E-state index in [1.165, 1.54) is 0 Å². The number of fused-ring (bicyclic) bond motifs is 1. The van der Waals surface area contributed by atoms with E-state index < -0.39 is 10.3 Å². The Bertz CT molecular complexity index is 721. The molecule has 0 unspecified atom stereocenters. The fraction of sp³-hybridized carbons (Fsp3) is 0.143. The van der Waals surface area contributed by atoms with Crippen LogP contribution >= 0.6 is 0 Å². The second-order valence-electron chi connectivity index (χ2n) is 4.52. The molecule has 0 fully saturated rings. The molecule has 4 nitrogen and oxygen atoms in total.